The van der Waals surface area contributed by atoms with Gasteiger partial charge in [-0.05, 0) is 53.5 Å². The van der Waals surface area contributed by atoms with Crippen molar-refractivity contribution in [2.24, 2.45) is 16.7 Å². The van der Waals surface area contributed by atoms with Gasteiger partial charge in [0.25, 0.3) is 0 Å². The zero-order valence-corrected chi connectivity index (χ0v) is 13.0. The second-order valence-electron chi connectivity index (χ2n) is 6.96. The van der Waals surface area contributed by atoms with Crippen molar-refractivity contribution in [1.29, 1.82) is 0 Å². The molecule has 1 fully saturated rings. The summed E-state index contributed by atoms with van der Waals surface area (Å²) in [6.07, 6.45) is 0. The third-order valence-electron chi connectivity index (χ3n) is 5.46. The molecule has 0 aromatic heterocycles. The normalized spacial score (nSPS) is 22.3. The van der Waals surface area contributed by atoms with Crippen LogP contribution in [0, 0.1) is 29.5 Å². The highest BCUT2D eigenvalue weighted by Crippen LogP contribution is 2.72. The van der Waals surface area contributed by atoms with Gasteiger partial charge in [0, 0.05) is 6.04 Å². The average molecular weight is 263 g/mol. The number of nitrogens with one attached hydrogen (secondary N) is 1. The van der Waals surface area contributed by atoms with Crippen molar-refractivity contribution in [2.45, 2.75) is 47.6 Å². The third kappa shape index (κ3) is 2.20. The first kappa shape index (κ1) is 14.5. The van der Waals surface area contributed by atoms with Gasteiger partial charge in [-0.3, -0.25) is 0 Å². The largest absolute Gasteiger partial charge is 0.310 e. The van der Waals surface area contributed by atoms with Crippen LogP contribution in [0.15, 0.2) is 18.2 Å². The Morgan fingerprint density at radius 2 is 1.79 bits per heavy atom. The fourth-order valence-electron chi connectivity index (χ4n) is 3.70. The van der Waals surface area contributed by atoms with Crippen molar-refractivity contribution in [1.82, 2.24) is 5.32 Å². The molecule has 0 saturated heterocycles. The minimum absolute atomic E-state index is 0.147. The van der Waals surface area contributed by atoms with Gasteiger partial charge < -0.3 is 5.32 Å². The zero-order valence-electron chi connectivity index (χ0n) is 13.0. The highest BCUT2D eigenvalue weighted by atomic mass is 19.1. The molecule has 1 aliphatic carbocycles. The van der Waals surface area contributed by atoms with Crippen LogP contribution in [0.25, 0.3) is 0 Å². The van der Waals surface area contributed by atoms with E-state index in [9.17, 15) is 4.39 Å². The minimum atomic E-state index is -0.147. The summed E-state index contributed by atoms with van der Waals surface area (Å²) in [5.41, 5.74) is 2.93. The van der Waals surface area contributed by atoms with Crippen LogP contribution in [0.2, 0.25) is 0 Å². The zero-order chi connectivity index (χ0) is 14.4. The predicted molar refractivity (Wildman–Crippen MR) is 78.6 cm³/mol. The molecule has 2 rings (SSSR count). The van der Waals surface area contributed by atoms with Crippen molar-refractivity contribution >= 4 is 0 Å². The molecule has 1 aromatic rings. The van der Waals surface area contributed by atoms with E-state index in [1.165, 1.54) is 5.56 Å². The Bertz CT molecular complexity index is 462. The summed E-state index contributed by atoms with van der Waals surface area (Å²) in [5, 5.41) is 3.61. The number of hydrogen-bond donors (Lipinski definition) is 1. The summed E-state index contributed by atoms with van der Waals surface area (Å²) < 4.78 is 13.3. The summed E-state index contributed by atoms with van der Waals surface area (Å²) in [4.78, 5) is 0. The van der Waals surface area contributed by atoms with Crippen LogP contribution in [0.5, 0.6) is 0 Å². The highest BCUT2D eigenvalue weighted by molar-refractivity contribution is 5.34. The molecule has 1 aromatic carbocycles. The van der Waals surface area contributed by atoms with E-state index in [4.69, 9.17) is 0 Å². The predicted octanol–water partition coefficient (Wildman–Crippen LogP) is 4.47. The maximum absolute atomic E-state index is 13.3. The van der Waals surface area contributed by atoms with Gasteiger partial charge in [0.05, 0.1) is 0 Å². The van der Waals surface area contributed by atoms with E-state index in [-0.39, 0.29) is 5.82 Å². The molecule has 2 heteroatoms. The Kier molecular flexibility index (Phi) is 3.51. The Balaban J connectivity index is 2.37. The Labute approximate surface area is 116 Å². The molecule has 1 saturated carbocycles. The van der Waals surface area contributed by atoms with Crippen LogP contribution in [0.3, 0.4) is 0 Å². The van der Waals surface area contributed by atoms with Crippen molar-refractivity contribution < 1.29 is 4.39 Å². The van der Waals surface area contributed by atoms with Gasteiger partial charge in [-0.2, -0.15) is 0 Å². The van der Waals surface area contributed by atoms with Crippen LogP contribution in [0.1, 0.15) is 51.8 Å². The maximum Gasteiger partial charge on any atom is 0.123 e. The maximum atomic E-state index is 13.3. The highest BCUT2D eigenvalue weighted by Gasteiger charge is 2.67. The van der Waals surface area contributed by atoms with Gasteiger partial charge in [0.1, 0.15) is 5.82 Å². The lowest BCUT2D eigenvalue weighted by molar-refractivity contribution is 0.416. The van der Waals surface area contributed by atoms with E-state index in [2.05, 4.69) is 39.9 Å². The molecule has 0 aliphatic heterocycles. The Hall–Kier alpha value is -0.890. The summed E-state index contributed by atoms with van der Waals surface area (Å²) >= 11 is 0. The van der Waals surface area contributed by atoms with Crippen LogP contribution in [-0.4, -0.2) is 6.54 Å². The Morgan fingerprint density at radius 1 is 1.21 bits per heavy atom. The average Bonchev–Trinajstić information content (AvgIpc) is 2.67. The fourth-order valence-corrected chi connectivity index (χ4v) is 3.70. The molecule has 106 valence electrons. The molecule has 0 radical (unpaired) electrons. The van der Waals surface area contributed by atoms with E-state index in [1.54, 1.807) is 12.1 Å². The lowest BCUT2D eigenvalue weighted by Gasteiger charge is -2.23. The van der Waals surface area contributed by atoms with Crippen LogP contribution in [0.4, 0.5) is 4.39 Å². The van der Waals surface area contributed by atoms with Crippen molar-refractivity contribution in [2.75, 3.05) is 6.54 Å². The fraction of sp³-hybridized carbons (Fsp3) is 0.647. The molecule has 19 heavy (non-hydrogen) atoms. The second-order valence-corrected chi connectivity index (χ2v) is 6.96. The molecule has 1 atom stereocenters. The van der Waals surface area contributed by atoms with Crippen LogP contribution >= 0.6 is 0 Å². The smallest absolute Gasteiger partial charge is 0.123 e. The SMILES string of the molecule is CCNC(c1ccc(F)cc1C)C1C(C)(C)C1(C)C. The standard InChI is InChI=1S/C17H26FN/c1-7-19-14(15-16(3,4)17(15,5)6)13-9-8-12(18)10-11(13)2/h8-10,14-15,19H,7H2,1-6H3. The minimum Gasteiger partial charge on any atom is -0.310 e. The molecule has 1 N–H and O–H groups in total. The van der Waals surface area contributed by atoms with Gasteiger partial charge in [-0.1, -0.05) is 40.7 Å². The van der Waals surface area contributed by atoms with Gasteiger partial charge in [0.2, 0.25) is 0 Å². The van der Waals surface area contributed by atoms with Gasteiger partial charge in [-0.25, -0.2) is 4.39 Å². The van der Waals surface area contributed by atoms with E-state index in [1.807, 2.05) is 13.0 Å². The number of rotatable bonds is 4. The monoisotopic (exact) mass is 263 g/mol. The summed E-state index contributed by atoms with van der Waals surface area (Å²) in [7, 11) is 0. The first-order valence-electron chi connectivity index (χ1n) is 7.23. The van der Waals surface area contributed by atoms with Gasteiger partial charge >= 0.3 is 0 Å². The molecular weight excluding hydrogens is 237 g/mol. The number of halogens is 1. The first-order valence-corrected chi connectivity index (χ1v) is 7.23. The quantitative estimate of drug-likeness (QED) is 0.845. The van der Waals surface area contributed by atoms with Crippen molar-refractivity contribution in [3.8, 4) is 0 Å². The van der Waals surface area contributed by atoms with Crippen LogP contribution < -0.4 is 5.32 Å². The van der Waals surface area contributed by atoms with E-state index < -0.39 is 0 Å². The van der Waals surface area contributed by atoms with E-state index in [0.717, 1.165) is 12.1 Å². The van der Waals surface area contributed by atoms with E-state index in [0.29, 0.717) is 22.8 Å². The second kappa shape index (κ2) is 4.59. The lowest BCUT2D eigenvalue weighted by Crippen LogP contribution is -2.26. The number of hydrogen-bond acceptors (Lipinski definition) is 1. The van der Waals surface area contributed by atoms with Crippen LogP contribution in [-0.2, 0) is 0 Å². The summed E-state index contributed by atoms with van der Waals surface area (Å²) in [6.45, 7) is 14.4. The molecule has 0 bridgehead atoms. The third-order valence-corrected chi connectivity index (χ3v) is 5.46. The van der Waals surface area contributed by atoms with E-state index >= 15 is 0 Å². The molecule has 1 aliphatic rings. The topological polar surface area (TPSA) is 12.0 Å². The molecule has 0 spiro atoms. The van der Waals surface area contributed by atoms with Gasteiger partial charge in [-0.15, -0.1) is 0 Å². The summed E-state index contributed by atoms with van der Waals surface area (Å²) in [6, 6.07) is 5.48. The number of aryl methyl sites for hydroxylation is 1. The number of benzene rings is 1. The van der Waals surface area contributed by atoms with Crippen molar-refractivity contribution in [3.05, 3.63) is 35.1 Å². The molecular formula is C17H26FN. The molecule has 1 unspecified atom stereocenters. The van der Waals surface area contributed by atoms with Crippen molar-refractivity contribution in [3.63, 3.8) is 0 Å². The molecule has 0 heterocycles. The first-order chi connectivity index (χ1) is 8.73. The summed E-state index contributed by atoms with van der Waals surface area (Å²) in [5.74, 6) is 0.440. The lowest BCUT2D eigenvalue weighted by atomic mass is 9.93. The molecule has 0 amide bonds. The van der Waals surface area contributed by atoms with Gasteiger partial charge in [0.15, 0.2) is 0 Å². The Morgan fingerprint density at radius 3 is 2.21 bits per heavy atom. The molecule has 1 nitrogen and oxygen atoms in total.